The van der Waals surface area contributed by atoms with Gasteiger partial charge in [0, 0.05) is 12.6 Å². The van der Waals surface area contributed by atoms with E-state index >= 15 is 0 Å². The van der Waals surface area contributed by atoms with Gasteiger partial charge in [-0.25, -0.2) is 9.78 Å². The van der Waals surface area contributed by atoms with Gasteiger partial charge in [-0.05, 0) is 50.5 Å². The van der Waals surface area contributed by atoms with E-state index in [4.69, 9.17) is 0 Å². The van der Waals surface area contributed by atoms with Gasteiger partial charge in [0.15, 0.2) is 5.13 Å². The van der Waals surface area contributed by atoms with Crippen molar-refractivity contribution in [3.05, 3.63) is 42.1 Å². The standard InChI is InChI=1S/C27H37N3O3S2/c31-24(32)27(17-9-3-10-18-27)35-23-20-28-25(34-23)29-26(33)30(22-15-6-2-7-16-22)19-11-8-14-21-12-4-1-5-13-21/h1,4-5,12-13,20,22H,2-3,6-11,14-19H2,(H,31,32)(H,28,29,33). The molecule has 2 fully saturated rings. The van der Waals surface area contributed by atoms with Crippen molar-refractivity contribution in [2.24, 2.45) is 0 Å². The topological polar surface area (TPSA) is 82.5 Å². The molecular formula is C27H37N3O3S2. The second kappa shape index (κ2) is 12.8. The second-order valence-electron chi connectivity index (χ2n) is 9.80. The van der Waals surface area contributed by atoms with E-state index in [1.807, 2.05) is 11.0 Å². The summed E-state index contributed by atoms with van der Waals surface area (Å²) in [5.74, 6) is -0.736. The number of thioether (sulfide) groups is 1. The van der Waals surface area contributed by atoms with Crippen molar-refractivity contribution in [1.82, 2.24) is 9.88 Å². The van der Waals surface area contributed by atoms with Gasteiger partial charge in [-0.2, -0.15) is 0 Å². The molecule has 0 spiro atoms. The first kappa shape index (κ1) is 26.0. The highest BCUT2D eigenvalue weighted by atomic mass is 32.2. The fraction of sp³-hybridized carbons (Fsp3) is 0.593. The molecule has 0 atom stereocenters. The number of anilines is 1. The second-order valence-corrected chi connectivity index (χ2v) is 12.5. The SMILES string of the molecule is O=C(Nc1ncc(SC2(C(=O)O)CCCCC2)s1)N(CCCCc1ccccc1)C1CCCCC1. The number of aliphatic carboxylic acids is 1. The minimum Gasteiger partial charge on any atom is -0.480 e. The first-order valence-electron chi connectivity index (χ1n) is 13.1. The summed E-state index contributed by atoms with van der Waals surface area (Å²) >= 11 is 2.80. The largest absolute Gasteiger partial charge is 0.480 e. The highest BCUT2D eigenvalue weighted by Crippen LogP contribution is 2.46. The number of carbonyl (C=O) groups is 2. The number of nitrogens with zero attached hydrogens (tertiary/aromatic N) is 2. The van der Waals surface area contributed by atoms with Crippen LogP contribution in [0.15, 0.2) is 40.7 Å². The molecule has 1 aromatic carbocycles. The van der Waals surface area contributed by atoms with E-state index in [0.29, 0.717) is 18.0 Å². The third-order valence-electron chi connectivity index (χ3n) is 7.28. The van der Waals surface area contributed by atoms with E-state index in [0.717, 1.165) is 62.1 Å². The molecule has 190 valence electrons. The van der Waals surface area contributed by atoms with Crippen molar-refractivity contribution in [1.29, 1.82) is 0 Å². The maximum Gasteiger partial charge on any atom is 0.323 e. The molecule has 2 N–H and O–H groups in total. The van der Waals surface area contributed by atoms with Gasteiger partial charge in [-0.1, -0.05) is 92.0 Å². The summed E-state index contributed by atoms with van der Waals surface area (Å²) in [5.41, 5.74) is 1.34. The molecule has 2 aliphatic rings. The molecule has 2 amide bonds. The number of nitrogens with one attached hydrogen (secondary N) is 1. The number of amides is 2. The molecule has 6 nitrogen and oxygen atoms in total. The van der Waals surface area contributed by atoms with Crippen LogP contribution in [-0.2, 0) is 11.2 Å². The van der Waals surface area contributed by atoms with E-state index in [9.17, 15) is 14.7 Å². The molecule has 4 rings (SSSR count). The van der Waals surface area contributed by atoms with Gasteiger partial charge < -0.3 is 10.0 Å². The maximum atomic E-state index is 13.3. The minimum absolute atomic E-state index is 0.0758. The number of aryl methyl sites for hydroxylation is 1. The van der Waals surface area contributed by atoms with Crippen LogP contribution in [0.25, 0.3) is 0 Å². The summed E-state index contributed by atoms with van der Waals surface area (Å²) in [6.07, 6.45) is 14.9. The van der Waals surface area contributed by atoms with E-state index in [-0.39, 0.29) is 12.1 Å². The normalized spacial score (nSPS) is 18.2. The predicted molar refractivity (Wildman–Crippen MR) is 143 cm³/mol. The van der Waals surface area contributed by atoms with Crippen molar-refractivity contribution in [3.63, 3.8) is 0 Å². The first-order valence-corrected chi connectivity index (χ1v) is 14.7. The van der Waals surface area contributed by atoms with E-state index < -0.39 is 10.7 Å². The van der Waals surface area contributed by atoms with Gasteiger partial charge in [0.05, 0.1) is 10.4 Å². The van der Waals surface area contributed by atoms with Crippen LogP contribution in [0.5, 0.6) is 0 Å². The summed E-state index contributed by atoms with van der Waals surface area (Å²) in [6.45, 7) is 0.748. The van der Waals surface area contributed by atoms with Gasteiger partial charge in [0.1, 0.15) is 4.75 Å². The molecule has 0 aliphatic heterocycles. The van der Waals surface area contributed by atoms with Crippen LogP contribution >= 0.6 is 23.1 Å². The molecule has 8 heteroatoms. The van der Waals surface area contributed by atoms with Crippen LogP contribution in [0.4, 0.5) is 9.93 Å². The summed E-state index contributed by atoms with van der Waals surface area (Å²) in [7, 11) is 0. The Bertz CT molecular complexity index is 954. The van der Waals surface area contributed by atoms with Crippen LogP contribution in [0, 0.1) is 0 Å². The van der Waals surface area contributed by atoms with Crippen LogP contribution in [-0.4, -0.2) is 44.3 Å². The van der Waals surface area contributed by atoms with Gasteiger partial charge in [0.2, 0.25) is 0 Å². The van der Waals surface area contributed by atoms with E-state index in [1.54, 1.807) is 6.20 Å². The quantitative estimate of drug-likeness (QED) is 0.327. The highest BCUT2D eigenvalue weighted by molar-refractivity contribution is 8.03. The molecule has 1 heterocycles. The molecule has 0 bridgehead atoms. The van der Waals surface area contributed by atoms with Gasteiger partial charge in [0.25, 0.3) is 0 Å². The third kappa shape index (κ3) is 7.23. The van der Waals surface area contributed by atoms with Crippen molar-refractivity contribution in [2.45, 2.75) is 98.5 Å². The lowest BCUT2D eigenvalue weighted by atomic mass is 9.88. The van der Waals surface area contributed by atoms with Crippen molar-refractivity contribution in [2.75, 3.05) is 11.9 Å². The van der Waals surface area contributed by atoms with Gasteiger partial charge in [-0.3, -0.25) is 10.1 Å². The number of benzene rings is 1. The molecule has 2 saturated carbocycles. The average Bonchev–Trinajstić information content (AvgIpc) is 3.31. The first-order chi connectivity index (χ1) is 17.1. The smallest absolute Gasteiger partial charge is 0.323 e. The lowest BCUT2D eigenvalue weighted by Gasteiger charge is -2.34. The van der Waals surface area contributed by atoms with Crippen molar-refractivity contribution >= 4 is 40.2 Å². The molecule has 0 radical (unpaired) electrons. The number of unbranched alkanes of at least 4 members (excludes halogenated alkanes) is 1. The van der Waals surface area contributed by atoms with Gasteiger partial charge in [-0.15, -0.1) is 0 Å². The van der Waals surface area contributed by atoms with Crippen LogP contribution in [0.2, 0.25) is 0 Å². The predicted octanol–water partition coefficient (Wildman–Crippen LogP) is 7.21. The minimum atomic E-state index is -0.765. The average molecular weight is 516 g/mol. The molecule has 35 heavy (non-hydrogen) atoms. The molecule has 0 saturated heterocycles. The Balaban J connectivity index is 1.35. The monoisotopic (exact) mass is 515 g/mol. The summed E-state index contributed by atoms with van der Waals surface area (Å²) < 4.78 is 0.0931. The number of carboxylic acids is 1. The Hall–Kier alpha value is -2.06. The molecule has 1 aromatic heterocycles. The number of hydrogen-bond donors (Lipinski definition) is 2. The van der Waals surface area contributed by atoms with E-state index in [1.165, 1.54) is 47.9 Å². The number of aromatic nitrogens is 1. The summed E-state index contributed by atoms with van der Waals surface area (Å²) in [6, 6.07) is 10.7. The van der Waals surface area contributed by atoms with Crippen LogP contribution in [0.3, 0.4) is 0 Å². The number of urea groups is 1. The Morgan fingerprint density at radius 3 is 2.49 bits per heavy atom. The van der Waals surface area contributed by atoms with Crippen molar-refractivity contribution < 1.29 is 14.7 Å². The fourth-order valence-electron chi connectivity index (χ4n) is 5.30. The lowest BCUT2D eigenvalue weighted by Crippen LogP contribution is -2.44. The molecule has 2 aromatic rings. The van der Waals surface area contributed by atoms with Crippen LogP contribution in [0.1, 0.15) is 82.6 Å². The molecule has 2 aliphatic carbocycles. The molecular weight excluding hydrogens is 478 g/mol. The Labute approximate surface area is 216 Å². The fourth-order valence-corrected chi connectivity index (χ4v) is 7.79. The zero-order chi connectivity index (χ0) is 24.5. The zero-order valence-electron chi connectivity index (χ0n) is 20.4. The van der Waals surface area contributed by atoms with Crippen LogP contribution < -0.4 is 5.32 Å². The maximum absolute atomic E-state index is 13.3. The highest BCUT2D eigenvalue weighted by Gasteiger charge is 2.41. The van der Waals surface area contributed by atoms with E-state index in [2.05, 4.69) is 34.6 Å². The zero-order valence-corrected chi connectivity index (χ0v) is 22.0. The third-order valence-corrected chi connectivity index (χ3v) is 9.77. The molecule has 0 unspecified atom stereocenters. The number of carbonyl (C=O) groups excluding carboxylic acids is 1. The Morgan fingerprint density at radius 2 is 1.77 bits per heavy atom. The Kier molecular flexibility index (Phi) is 9.49. The Morgan fingerprint density at radius 1 is 1.06 bits per heavy atom. The number of thiazole rings is 1. The number of rotatable bonds is 10. The van der Waals surface area contributed by atoms with Crippen molar-refractivity contribution in [3.8, 4) is 0 Å². The number of hydrogen-bond acceptors (Lipinski definition) is 5. The summed E-state index contributed by atoms with van der Waals surface area (Å²) in [4.78, 5) is 31.8. The lowest BCUT2D eigenvalue weighted by molar-refractivity contribution is -0.140. The van der Waals surface area contributed by atoms with Gasteiger partial charge >= 0.3 is 12.0 Å². The summed E-state index contributed by atoms with van der Waals surface area (Å²) in [5, 5.41) is 13.5. The number of carboxylic acid groups (broad SMARTS) is 1.